The van der Waals surface area contributed by atoms with Gasteiger partial charge in [-0.05, 0) is 6.07 Å². The van der Waals surface area contributed by atoms with Crippen LogP contribution in [0.15, 0.2) is 42.5 Å². The van der Waals surface area contributed by atoms with Gasteiger partial charge < -0.3 is 5.32 Å². The Bertz CT molecular complexity index is 1000. The van der Waals surface area contributed by atoms with E-state index >= 15 is 0 Å². The Balaban J connectivity index is 1.98. The number of carbonyl (C=O) groups excluding carboxylic acids is 1. The van der Waals surface area contributed by atoms with Crippen LogP contribution < -0.4 is 5.32 Å². The third-order valence-corrected chi connectivity index (χ3v) is 5.00. The van der Waals surface area contributed by atoms with E-state index in [1.807, 2.05) is 0 Å². The van der Waals surface area contributed by atoms with Crippen molar-refractivity contribution in [2.24, 2.45) is 0 Å². The molecule has 1 aromatic heterocycles. The standard InChI is InChI=1S/C15H8ClN3O5S/c16-13-11-3-1-2-4-12(11)25-14(13)15(20)17-8-5-9(18(21)22)7-10(6-8)19(23)24/h1-7H,(H,17,20). The van der Waals surface area contributed by atoms with Gasteiger partial charge in [-0.2, -0.15) is 0 Å². The molecule has 10 heteroatoms. The first kappa shape index (κ1) is 16.8. The first-order valence-corrected chi connectivity index (χ1v) is 7.98. The number of hydrogen-bond acceptors (Lipinski definition) is 6. The molecule has 0 aliphatic heterocycles. The molecular formula is C15H8ClN3O5S. The zero-order valence-electron chi connectivity index (χ0n) is 12.3. The van der Waals surface area contributed by atoms with Gasteiger partial charge in [-0.1, -0.05) is 29.8 Å². The van der Waals surface area contributed by atoms with Crippen LogP contribution in [0.5, 0.6) is 0 Å². The minimum absolute atomic E-state index is 0.0561. The molecule has 0 saturated carbocycles. The topological polar surface area (TPSA) is 115 Å². The Hall–Kier alpha value is -3.04. The number of thiophene rings is 1. The van der Waals surface area contributed by atoms with Crippen molar-refractivity contribution in [2.45, 2.75) is 0 Å². The first-order valence-electron chi connectivity index (χ1n) is 6.79. The lowest BCUT2D eigenvalue weighted by molar-refractivity contribution is -0.394. The summed E-state index contributed by atoms with van der Waals surface area (Å²) in [6.07, 6.45) is 0. The summed E-state index contributed by atoms with van der Waals surface area (Å²) in [5.74, 6) is -0.596. The highest BCUT2D eigenvalue weighted by atomic mass is 35.5. The van der Waals surface area contributed by atoms with Gasteiger partial charge in [-0.15, -0.1) is 11.3 Å². The summed E-state index contributed by atoms with van der Waals surface area (Å²) < 4.78 is 0.808. The van der Waals surface area contributed by atoms with E-state index in [9.17, 15) is 25.0 Å². The van der Waals surface area contributed by atoms with Gasteiger partial charge in [0, 0.05) is 22.2 Å². The van der Waals surface area contributed by atoms with E-state index in [0.29, 0.717) is 5.39 Å². The molecule has 3 rings (SSSR count). The summed E-state index contributed by atoms with van der Waals surface area (Å²) in [6.45, 7) is 0. The zero-order chi connectivity index (χ0) is 18.1. The predicted octanol–water partition coefficient (Wildman–Crippen LogP) is 4.62. The molecule has 0 unspecified atom stereocenters. The highest BCUT2D eigenvalue weighted by Crippen LogP contribution is 2.36. The largest absolute Gasteiger partial charge is 0.321 e. The van der Waals surface area contributed by atoms with E-state index in [1.54, 1.807) is 24.3 Å². The van der Waals surface area contributed by atoms with Gasteiger partial charge in [-0.25, -0.2) is 0 Å². The maximum absolute atomic E-state index is 12.4. The number of hydrogen-bond donors (Lipinski definition) is 1. The maximum Gasteiger partial charge on any atom is 0.278 e. The Kier molecular flexibility index (Phi) is 4.34. The second-order valence-corrected chi connectivity index (χ2v) is 6.38. The van der Waals surface area contributed by atoms with Crippen molar-refractivity contribution < 1.29 is 14.6 Å². The van der Waals surface area contributed by atoms with Crippen molar-refractivity contribution in [1.82, 2.24) is 0 Å². The molecule has 0 aliphatic carbocycles. The number of benzene rings is 2. The third kappa shape index (κ3) is 3.28. The number of carbonyl (C=O) groups is 1. The lowest BCUT2D eigenvalue weighted by atomic mass is 10.2. The summed E-state index contributed by atoms with van der Waals surface area (Å²) >= 11 is 7.38. The number of nitro benzene ring substituents is 2. The summed E-state index contributed by atoms with van der Waals surface area (Å²) in [5, 5.41) is 25.2. The van der Waals surface area contributed by atoms with Crippen LogP contribution in [0.25, 0.3) is 10.1 Å². The Labute approximate surface area is 148 Å². The van der Waals surface area contributed by atoms with Crippen LogP contribution in [0.4, 0.5) is 17.1 Å². The van der Waals surface area contributed by atoms with Gasteiger partial charge >= 0.3 is 0 Å². The van der Waals surface area contributed by atoms with Gasteiger partial charge in [0.05, 0.1) is 26.6 Å². The number of nitrogens with one attached hydrogen (secondary N) is 1. The lowest BCUT2D eigenvalue weighted by Crippen LogP contribution is -2.11. The van der Waals surface area contributed by atoms with Crippen LogP contribution in [0.2, 0.25) is 5.02 Å². The number of fused-ring (bicyclic) bond motifs is 1. The number of anilines is 1. The molecule has 2 aromatic carbocycles. The van der Waals surface area contributed by atoms with Crippen molar-refractivity contribution in [2.75, 3.05) is 5.32 Å². The van der Waals surface area contributed by atoms with Crippen LogP contribution >= 0.6 is 22.9 Å². The monoisotopic (exact) mass is 377 g/mol. The van der Waals surface area contributed by atoms with Crippen LogP contribution in [-0.4, -0.2) is 15.8 Å². The molecule has 25 heavy (non-hydrogen) atoms. The van der Waals surface area contributed by atoms with Gasteiger partial charge in [0.1, 0.15) is 4.88 Å². The summed E-state index contributed by atoms with van der Waals surface area (Å²) in [4.78, 5) is 32.9. The number of halogens is 1. The van der Waals surface area contributed by atoms with Crippen LogP contribution in [0, 0.1) is 20.2 Å². The quantitative estimate of drug-likeness (QED) is 0.526. The van der Waals surface area contributed by atoms with Crippen molar-refractivity contribution >= 4 is 56.0 Å². The average molecular weight is 378 g/mol. The Morgan fingerprint density at radius 1 is 1.04 bits per heavy atom. The molecule has 0 fully saturated rings. The van der Waals surface area contributed by atoms with Gasteiger partial charge in [0.25, 0.3) is 17.3 Å². The lowest BCUT2D eigenvalue weighted by Gasteiger charge is -2.04. The molecule has 0 radical (unpaired) electrons. The number of nitrogens with zero attached hydrogens (tertiary/aromatic N) is 2. The van der Waals surface area contributed by atoms with Crippen LogP contribution in [0.1, 0.15) is 9.67 Å². The molecule has 126 valence electrons. The fourth-order valence-corrected chi connectivity index (χ4v) is 3.64. The summed E-state index contributed by atoms with van der Waals surface area (Å²) in [6, 6.07) is 10.1. The fourth-order valence-electron chi connectivity index (χ4n) is 2.23. The Morgan fingerprint density at radius 3 is 2.20 bits per heavy atom. The van der Waals surface area contributed by atoms with Gasteiger partial charge in [-0.3, -0.25) is 25.0 Å². The molecule has 8 nitrogen and oxygen atoms in total. The van der Waals surface area contributed by atoms with E-state index in [2.05, 4.69) is 5.32 Å². The van der Waals surface area contributed by atoms with Crippen LogP contribution in [0.3, 0.4) is 0 Å². The third-order valence-electron chi connectivity index (χ3n) is 3.32. The highest BCUT2D eigenvalue weighted by Gasteiger charge is 2.20. The van der Waals surface area contributed by atoms with E-state index in [-0.39, 0.29) is 15.6 Å². The van der Waals surface area contributed by atoms with Crippen molar-refractivity contribution in [3.05, 3.63) is 72.6 Å². The first-order chi connectivity index (χ1) is 11.9. The molecule has 0 saturated heterocycles. The molecule has 3 aromatic rings. The number of nitro groups is 2. The summed E-state index contributed by atoms with van der Waals surface area (Å²) in [5.41, 5.74) is -1.04. The second kappa shape index (κ2) is 6.46. The van der Waals surface area contributed by atoms with Gasteiger partial charge in [0.15, 0.2) is 0 Å². The molecular weight excluding hydrogens is 370 g/mol. The van der Waals surface area contributed by atoms with E-state index in [1.165, 1.54) is 0 Å². The maximum atomic E-state index is 12.4. The number of amides is 1. The van der Waals surface area contributed by atoms with Crippen molar-refractivity contribution in [3.8, 4) is 0 Å². The SMILES string of the molecule is O=C(Nc1cc([N+](=O)[O-])cc([N+](=O)[O-])c1)c1sc2ccccc2c1Cl. The number of rotatable bonds is 4. The Morgan fingerprint density at radius 2 is 1.64 bits per heavy atom. The predicted molar refractivity (Wildman–Crippen MR) is 94.5 cm³/mol. The normalized spacial score (nSPS) is 10.6. The molecule has 1 N–H and O–H groups in total. The zero-order valence-corrected chi connectivity index (χ0v) is 13.8. The van der Waals surface area contributed by atoms with E-state index < -0.39 is 27.1 Å². The molecule has 0 spiro atoms. The average Bonchev–Trinajstić information content (AvgIpc) is 2.92. The minimum atomic E-state index is -0.769. The van der Waals surface area contributed by atoms with E-state index in [0.717, 1.165) is 34.2 Å². The fraction of sp³-hybridized carbons (Fsp3) is 0. The van der Waals surface area contributed by atoms with Crippen molar-refractivity contribution in [3.63, 3.8) is 0 Å². The number of non-ortho nitro benzene ring substituents is 2. The van der Waals surface area contributed by atoms with E-state index in [4.69, 9.17) is 11.6 Å². The highest BCUT2D eigenvalue weighted by molar-refractivity contribution is 7.21. The molecule has 0 aliphatic rings. The molecule has 1 amide bonds. The molecule has 0 bridgehead atoms. The molecule has 0 atom stereocenters. The van der Waals surface area contributed by atoms with Gasteiger partial charge in [0.2, 0.25) is 0 Å². The minimum Gasteiger partial charge on any atom is -0.321 e. The van der Waals surface area contributed by atoms with Crippen LogP contribution in [-0.2, 0) is 0 Å². The van der Waals surface area contributed by atoms with Crippen molar-refractivity contribution in [1.29, 1.82) is 0 Å². The molecule has 1 heterocycles. The second-order valence-electron chi connectivity index (χ2n) is 4.95. The smallest absolute Gasteiger partial charge is 0.278 e. The summed E-state index contributed by atoms with van der Waals surface area (Å²) in [7, 11) is 0.